The summed E-state index contributed by atoms with van der Waals surface area (Å²) in [7, 11) is 1.38. The smallest absolute Gasteiger partial charge is 0.175 e. The zero-order valence-corrected chi connectivity index (χ0v) is 9.67. The lowest BCUT2D eigenvalue weighted by atomic mass is 10.1. The van der Waals surface area contributed by atoms with Crippen LogP contribution in [-0.2, 0) is 11.2 Å². The minimum absolute atomic E-state index is 0.178. The molecular weight excluding hydrogens is 267 g/mol. The number of carbonyl (C=O) groups excluding carboxylic acids is 1. The lowest BCUT2D eigenvalue weighted by Crippen LogP contribution is -1.97. The molecule has 0 amide bonds. The van der Waals surface area contributed by atoms with E-state index in [2.05, 4.69) is 15.9 Å². The molecule has 0 radical (unpaired) electrons. The van der Waals surface area contributed by atoms with Gasteiger partial charge in [0.2, 0.25) is 0 Å². The number of hydrogen-bond donors (Lipinski definition) is 1. The Morgan fingerprint density at radius 2 is 2.33 bits per heavy atom. The minimum Gasteiger partial charge on any atom is -0.504 e. The molecule has 0 aliphatic heterocycles. The van der Waals surface area contributed by atoms with E-state index in [0.717, 1.165) is 6.07 Å². The van der Waals surface area contributed by atoms with Crippen LogP contribution in [0, 0.1) is 5.82 Å². The largest absolute Gasteiger partial charge is 0.504 e. The van der Waals surface area contributed by atoms with Gasteiger partial charge in [-0.1, -0.05) is 0 Å². The number of methoxy groups -OCH3 is 1. The van der Waals surface area contributed by atoms with Crippen molar-refractivity contribution in [3.8, 4) is 11.5 Å². The lowest BCUT2D eigenvalue weighted by molar-refractivity contribution is -0.107. The summed E-state index contributed by atoms with van der Waals surface area (Å²) in [6.07, 6.45) is 1.21. The molecule has 0 aliphatic rings. The van der Waals surface area contributed by atoms with Crippen molar-refractivity contribution in [3.63, 3.8) is 0 Å². The highest BCUT2D eigenvalue weighted by Gasteiger charge is 2.16. The molecule has 0 heterocycles. The summed E-state index contributed by atoms with van der Waals surface area (Å²) in [6, 6.07) is 0.976. The molecule has 1 N–H and O–H groups in total. The van der Waals surface area contributed by atoms with E-state index in [9.17, 15) is 14.3 Å². The van der Waals surface area contributed by atoms with E-state index < -0.39 is 5.82 Å². The molecule has 3 nitrogen and oxygen atoms in total. The normalized spacial score (nSPS) is 10.1. The van der Waals surface area contributed by atoms with Gasteiger partial charge in [-0.2, -0.15) is 0 Å². The molecule has 0 aromatic heterocycles. The van der Waals surface area contributed by atoms with Gasteiger partial charge in [0.05, 0.1) is 11.6 Å². The molecule has 0 unspecified atom stereocenters. The summed E-state index contributed by atoms with van der Waals surface area (Å²) in [5, 5.41) is 9.36. The van der Waals surface area contributed by atoms with Gasteiger partial charge < -0.3 is 14.6 Å². The van der Waals surface area contributed by atoms with Crippen LogP contribution in [0.2, 0.25) is 0 Å². The first kappa shape index (κ1) is 12.0. The second kappa shape index (κ2) is 5.11. The Hall–Kier alpha value is -1.10. The van der Waals surface area contributed by atoms with Gasteiger partial charge in [0.25, 0.3) is 0 Å². The molecule has 0 spiro atoms. The number of phenols is 1. The molecule has 1 aromatic rings. The maximum absolute atomic E-state index is 13.4. The summed E-state index contributed by atoms with van der Waals surface area (Å²) in [4.78, 5) is 10.2. The Balaban J connectivity index is 3.19. The topological polar surface area (TPSA) is 46.5 Å². The van der Waals surface area contributed by atoms with E-state index in [1.165, 1.54) is 7.11 Å². The third-order valence-electron chi connectivity index (χ3n) is 1.96. The van der Waals surface area contributed by atoms with Crippen molar-refractivity contribution in [1.82, 2.24) is 0 Å². The van der Waals surface area contributed by atoms with Crippen molar-refractivity contribution in [2.24, 2.45) is 0 Å². The first-order valence-electron chi connectivity index (χ1n) is 4.29. The fourth-order valence-corrected chi connectivity index (χ4v) is 2.01. The second-order valence-corrected chi connectivity index (χ2v) is 3.70. The first-order chi connectivity index (χ1) is 7.11. The van der Waals surface area contributed by atoms with Crippen LogP contribution in [0.1, 0.15) is 12.0 Å². The molecule has 15 heavy (non-hydrogen) atoms. The van der Waals surface area contributed by atoms with E-state index in [1.807, 2.05) is 0 Å². The number of carbonyl (C=O) groups is 1. The Bertz CT molecular complexity index is 379. The second-order valence-electron chi connectivity index (χ2n) is 2.91. The van der Waals surface area contributed by atoms with Crippen molar-refractivity contribution in [1.29, 1.82) is 0 Å². The Kier molecular flexibility index (Phi) is 4.08. The molecule has 0 bridgehead atoms. The van der Waals surface area contributed by atoms with Crippen molar-refractivity contribution < 1.29 is 19.0 Å². The number of phenolic OH excluding ortho intramolecular Hbond substituents is 1. The predicted molar refractivity (Wildman–Crippen MR) is 56.7 cm³/mol. The lowest BCUT2D eigenvalue weighted by Gasteiger charge is -2.11. The first-order valence-corrected chi connectivity index (χ1v) is 5.08. The summed E-state index contributed by atoms with van der Waals surface area (Å²) in [6.45, 7) is 0. The molecule has 0 atom stereocenters. The average molecular weight is 277 g/mol. The number of rotatable bonds is 4. The van der Waals surface area contributed by atoms with E-state index in [1.54, 1.807) is 0 Å². The molecule has 5 heteroatoms. The van der Waals surface area contributed by atoms with E-state index in [4.69, 9.17) is 4.74 Å². The third kappa shape index (κ3) is 2.47. The highest BCUT2D eigenvalue weighted by Crippen LogP contribution is 2.38. The van der Waals surface area contributed by atoms with E-state index in [-0.39, 0.29) is 24.3 Å². The van der Waals surface area contributed by atoms with Crippen molar-refractivity contribution >= 4 is 22.2 Å². The van der Waals surface area contributed by atoms with Crippen LogP contribution in [0.5, 0.6) is 11.5 Å². The van der Waals surface area contributed by atoms with Gasteiger partial charge >= 0.3 is 0 Å². The number of aldehydes is 1. The van der Waals surface area contributed by atoms with Gasteiger partial charge in [-0.05, 0) is 22.4 Å². The fourth-order valence-electron chi connectivity index (χ4n) is 1.25. The molecule has 82 valence electrons. The number of aromatic hydroxyl groups is 1. The highest BCUT2D eigenvalue weighted by atomic mass is 79.9. The van der Waals surface area contributed by atoms with Crippen LogP contribution in [0.15, 0.2) is 10.5 Å². The molecule has 0 fully saturated rings. The maximum Gasteiger partial charge on any atom is 0.175 e. The summed E-state index contributed by atoms with van der Waals surface area (Å²) >= 11 is 3.13. The molecule has 0 aliphatic carbocycles. The zero-order chi connectivity index (χ0) is 11.4. The third-order valence-corrected chi connectivity index (χ3v) is 2.80. The van der Waals surface area contributed by atoms with Crippen molar-refractivity contribution in [3.05, 3.63) is 21.9 Å². The van der Waals surface area contributed by atoms with Gasteiger partial charge in [-0.25, -0.2) is 4.39 Å². The van der Waals surface area contributed by atoms with Gasteiger partial charge in [-0.15, -0.1) is 0 Å². The minimum atomic E-state index is -0.554. The van der Waals surface area contributed by atoms with Crippen molar-refractivity contribution in [2.75, 3.05) is 7.11 Å². The van der Waals surface area contributed by atoms with Crippen LogP contribution in [0.25, 0.3) is 0 Å². The molecule has 0 saturated heterocycles. The maximum atomic E-state index is 13.4. The monoisotopic (exact) mass is 276 g/mol. The van der Waals surface area contributed by atoms with Crippen molar-refractivity contribution in [2.45, 2.75) is 12.8 Å². The highest BCUT2D eigenvalue weighted by molar-refractivity contribution is 9.10. The van der Waals surface area contributed by atoms with Gasteiger partial charge in [-0.3, -0.25) is 0 Å². The Morgan fingerprint density at radius 3 is 2.87 bits per heavy atom. The summed E-state index contributed by atoms with van der Waals surface area (Å²) in [5.74, 6) is -0.643. The fraction of sp³-hybridized carbons (Fsp3) is 0.300. The average Bonchev–Trinajstić information content (AvgIpc) is 2.17. The van der Waals surface area contributed by atoms with Gasteiger partial charge in [0.1, 0.15) is 12.1 Å². The quantitative estimate of drug-likeness (QED) is 0.860. The molecule has 0 saturated carbocycles. The summed E-state index contributed by atoms with van der Waals surface area (Å²) in [5.41, 5.74) is 0.330. The zero-order valence-electron chi connectivity index (χ0n) is 8.09. The van der Waals surface area contributed by atoms with E-state index >= 15 is 0 Å². The predicted octanol–water partition coefficient (Wildman–Crippen LogP) is 2.43. The van der Waals surface area contributed by atoms with Crippen LogP contribution in [0.3, 0.4) is 0 Å². The number of benzene rings is 1. The SMILES string of the molecule is COc1c(O)cc(F)c(CCC=O)c1Br. The number of hydrogen-bond acceptors (Lipinski definition) is 3. The van der Waals surface area contributed by atoms with E-state index in [0.29, 0.717) is 16.3 Å². The van der Waals surface area contributed by atoms with Crippen LogP contribution >= 0.6 is 15.9 Å². The van der Waals surface area contributed by atoms with Crippen LogP contribution in [-0.4, -0.2) is 18.5 Å². The van der Waals surface area contributed by atoms with Gasteiger partial charge in [0, 0.05) is 18.1 Å². The molecular formula is C10H10BrFO3. The Labute approximate surface area is 95.0 Å². The van der Waals surface area contributed by atoms with Crippen LogP contribution in [0.4, 0.5) is 4.39 Å². The van der Waals surface area contributed by atoms with Gasteiger partial charge in [0.15, 0.2) is 11.5 Å². The molecule has 1 aromatic carbocycles. The number of ether oxygens (including phenoxy) is 1. The summed E-state index contributed by atoms with van der Waals surface area (Å²) < 4.78 is 18.6. The number of halogens is 2. The van der Waals surface area contributed by atoms with Crippen LogP contribution < -0.4 is 4.74 Å². The Morgan fingerprint density at radius 1 is 1.67 bits per heavy atom. The molecule has 1 rings (SSSR count). The standard InChI is InChI=1S/C10H10BrFO3/c1-15-10-8(14)5-7(12)6(9(10)11)3-2-4-13/h4-5,14H,2-3H2,1H3.